The van der Waals surface area contributed by atoms with Gasteiger partial charge in [-0.25, -0.2) is 0 Å². The molecule has 0 saturated carbocycles. The Morgan fingerprint density at radius 2 is 1.15 bits per heavy atom. The summed E-state index contributed by atoms with van der Waals surface area (Å²) in [5.74, 6) is 0.304. The van der Waals surface area contributed by atoms with Gasteiger partial charge in [-0.3, -0.25) is 4.79 Å². The summed E-state index contributed by atoms with van der Waals surface area (Å²) in [5, 5.41) is 0. The molecule has 0 heterocycles. The zero-order chi connectivity index (χ0) is 18.9. The summed E-state index contributed by atoms with van der Waals surface area (Å²) in [4.78, 5) is 14.9. The second-order valence-corrected chi connectivity index (χ2v) is 7.58. The Labute approximate surface area is 162 Å². The van der Waals surface area contributed by atoms with Gasteiger partial charge in [0.05, 0.1) is 6.42 Å². The SMILES string of the molecule is CCCCCCCCN(CCCCCCCC)C(=O)Cc1ccccc1. The molecule has 1 aromatic carbocycles. The summed E-state index contributed by atoms with van der Waals surface area (Å²) in [5.41, 5.74) is 1.13. The van der Waals surface area contributed by atoms with Crippen LogP contribution in [0, 0.1) is 0 Å². The number of hydrogen-bond acceptors (Lipinski definition) is 1. The summed E-state index contributed by atoms with van der Waals surface area (Å²) in [6, 6.07) is 10.2. The van der Waals surface area contributed by atoms with Crippen molar-refractivity contribution in [3.63, 3.8) is 0 Å². The summed E-state index contributed by atoms with van der Waals surface area (Å²) in [6.45, 7) is 6.38. The summed E-state index contributed by atoms with van der Waals surface area (Å²) >= 11 is 0. The molecule has 0 aromatic heterocycles. The molecule has 0 unspecified atom stereocenters. The Hall–Kier alpha value is -1.31. The van der Waals surface area contributed by atoms with Crippen LogP contribution in [0.4, 0.5) is 0 Å². The highest BCUT2D eigenvalue weighted by molar-refractivity contribution is 5.78. The Bertz CT molecular complexity index is 427. The smallest absolute Gasteiger partial charge is 0.226 e. The van der Waals surface area contributed by atoms with Gasteiger partial charge in [0.25, 0.3) is 0 Å². The Balaban J connectivity index is 2.36. The zero-order valence-corrected chi connectivity index (χ0v) is 17.3. The molecular weight excluding hydrogens is 318 g/mol. The van der Waals surface area contributed by atoms with E-state index in [0.29, 0.717) is 12.3 Å². The predicted octanol–water partition coefficient (Wildman–Crippen LogP) is 6.78. The van der Waals surface area contributed by atoms with Crippen LogP contribution < -0.4 is 0 Å². The monoisotopic (exact) mass is 359 g/mol. The molecule has 148 valence electrons. The quantitative estimate of drug-likeness (QED) is 0.298. The number of benzene rings is 1. The van der Waals surface area contributed by atoms with E-state index < -0.39 is 0 Å². The fourth-order valence-corrected chi connectivity index (χ4v) is 3.41. The van der Waals surface area contributed by atoms with Gasteiger partial charge in [0.2, 0.25) is 5.91 Å². The minimum Gasteiger partial charge on any atom is -0.342 e. The van der Waals surface area contributed by atoms with Gasteiger partial charge in [0.15, 0.2) is 0 Å². The van der Waals surface area contributed by atoms with E-state index >= 15 is 0 Å². The molecule has 1 rings (SSSR count). The lowest BCUT2D eigenvalue weighted by Gasteiger charge is -2.23. The first-order chi connectivity index (χ1) is 12.8. The maximum Gasteiger partial charge on any atom is 0.226 e. The van der Waals surface area contributed by atoms with Crippen molar-refractivity contribution in [1.82, 2.24) is 4.90 Å². The average molecular weight is 360 g/mol. The first kappa shape index (κ1) is 22.7. The van der Waals surface area contributed by atoms with Crippen LogP contribution in [0.25, 0.3) is 0 Å². The lowest BCUT2D eigenvalue weighted by Crippen LogP contribution is -2.34. The van der Waals surface area contributed by atoms with E-state index in [2.05, 4.69) is 30.9 Å². The number of amides is 1. The van der Waals surface area contributed by atoms with Crippen LogP contribution in [0.2, 0.25) is 0 Å². The lowest BCUT2D eigenvalue weighted by atomic mass is 10.1. The topological polar surface area (TPSA) is 20.3 Å². The molecule has 0 saturated heterocycles. The molecular formula is C24H41NO. The molecule has 0 bridgehead atoms. The van der Waals surface area contributed by atoms with Gasteiger partial charge in [-0.2, -0.15) is 0 Å². The van der Waals surface area contributed by atoms with E-state index in [-0.39, 0.29) is 0 Å². The second kappa shape index (κ2) is 15.9. The highest BCUT2D eigenvalue weighted by Crippen LogP contribution is 2.11. The number of unbranched alkanes of at least 4 members (excludes halogenated alkanes) is 10. The normalized spacial score (nSPS) is 10.8. The third-order valence-electron chi connectivity index (χ3n) is 5.11. The third-order valence-corrected chi connectivity index (χ3v) is 5.11. The minimum atomic E-state index is 0.304. The maximum atomic E-state index is 12.8. The molecule has 0 fully saturated rings. The van der Waals surface area contributed by atoms with E-state index in [1.807, 2.05) is 18.2 Å². The average Bonchev–Trinajstić information content (AvgIpc) is 2.66. The molecule has 1 amide bonds. The molecule has 26 heavy (non-hydrogen) atoms. The van der Waals surface area contributed by atoms with Crippen molar-refractivity contribution in [2.45, 2.75) is 97.3 Å². The van der Waals surface area contributed by atoms with Crippen LogP contribution in [-0.4, -0.2) is 23.9 Å². The predicted molar refractivity (Wildman–Crippen MR) is 113 cm³/mol. The third kappa shape index (κ3) is 11.3. The van der Waals surface area contributed by atoms with Gasteiger partial charge in [-0.1, -0.05) is 108 Å². The van der Waals surface area contributed by atoms with Crippen molar-refractivity contribution in [3.8, 4) is 0 Å². The van der Waals surface area contributed by atoms with E-state index in [1.165, 1.54) is 64.2 Å². The Kier molecular flexibility index (Phi) is 13.9. The van der Waals surface area contributed by atoms with Gasteiger partial charge in [0.1, 0.15) is 0 Å². The standard InChI is InChI=1S/C24H41NO/c1-3-5-7-9-11-16-20-25(21-17-12-10-8-6-4-2)24(26)22-23-18-14-13-15-19-23/h13-15,18-19H,3-12,16-17,20-22H2,1-2H3. The summed E-state index contributed by atoms with van der Waals surface area (Å²) in [7, 11) is 0. The largest absolute Gasteiger partial charge is 0.342 e. The molecule has 0 aliphatic heterocycles. The number of hydrogen-bond donors (Lipinski definition) is 0. The lowest BCUT2D eigenvalue weighted by molar-refractivity contribution is -0.130. The highest BCUT2D eigenvalue weighted by atomic mass is 16.2. The number of rotatable bonds is 16. The van der Waals surface area contributed by atoms with Gasteiger partial charge < -0.3 is 4.90 Å². The fraction of sp³-hybridized carbons (Fsp3) is 0.708. The molecule has 0 atom stereocenters. The minimum absolute atomic E-state index is 0.304. The van der Waals surface area contributed by atoms with Crippen LogP contribution in [0.5, 0.6) is 0 Å². The summed E-state index contributed by atoms with van der Waals surface area (Å²) in [6.07, 6.45) is 15.9. The van der Waals surface area contributed by atoms with Crippen LogP contribution in [0.15, 0.2) is 30.3 Å². The van der Waals surface area contributed by atoms with Crippen molar-refractivity contribution >= 4 is 5.91 Å². The molecule has 0 aliphatic rings. The van der Waals surface area contributed by atoms with Gasteiger partial charge in [-0.15, -0.1) is 0 Å². The van der Waals surface area contributed by atoms with Gasteiger partial charge >= 0.3 is 0 Å². The second-order valence-electron chi connectivity index (χ2n) is 7.58. The Morgan fingerprint density at radius 1 is 0.692 bits per heavy atom. The van der Waals surface area contributed by atoms with E-state index in [4.69, 9.17) is 0 Å². The summed E-state index contributed by atoms with van der Waals surface area (Å²) < 4.78 is 0. The fourth-order valence-electron chi connectivity index (χ4n) is 3.41. The number of carbonyl (C=O) groups is 1. The van der Waals surface area contributed by atoms with Crippen molar-refractivity contribution in [2.24, 2.45) is 0 Å². The zero-order valence-electron chi connectivity index (χ0n) is 17.3. The first-order valence-electron chi connectivity index (χ1n) is 11.1. The van der Waals surface area contributed by atoms with Crippen LogP contribution in [0.3, 0.4) is 0 Å². The molecule has 0 aliphatic carbocycles. The molecule has 2 nitrogen and oxygen atoms in total. The van der Waals surface area contributed by atoms with Gasteiger partial charge in [0, 0.05) is 13.1 Å². The molecule has 0 N–H and O–H groups in total. The first-order valence-corrected chi connectivity index (χ1v) is 11.1. The van der Waals surface area contributed by atoms with E-state index in [0.717, 1.165) is 31.5 Å². The Morgan fingerprint density at radius 3 is 1.65 bits per heavy atom. The molecule has 1 aromatic rings. The van der Waals surface area contributed by atoms with E-state index in [1.54, 1.807) is 0 Å². The molecule has 0 radical (unpaired) electrons. The van der Waals surface area contributed by atoms with Crippen molar-refractivity contribution in [1.29, 1.82) is 0 Å². The van der Waals surface area contributed by atoms with Crippen LogP contribution >= 0.6 is 0 Å². The van der Waals surface area contributed by atoms with Crippen molar-refractivity contribution < 1.29 is 4.79 Å². The van der Waals surface area contributed by atoms with Crippen LogP contribution in [-0.2, 0) is 11.2 Å². The maximum absolute atomic E-state index is 12.8. The van der Waals surface area contributed by atoms with E-state index in [9.17, 15) is 4.79 Å². The van der Waals surface area contributed by atoms with Crippen LogP contribution in [0.1, 0.15) is 96.5 Å². The van der Waals surface area contributed by atoms with Crippen molar-refractivity contribution in [2.75, 3.05) is 13.1 Å². The van der Waals surface area contributed by atoms with Gasteiger partial charge in [-0.05, 0) is 18.4 Å². The number of carbonyl (C=O) groups excluding carboxylic acids is 1. The highest BCUT2D eigenvalue weighted by Gasteiger charge is 2.13. The number of nitrogens with zero attached hydrogens (tertiary/aromatic N) is 1. The van der Waals surface area contributed by atoms with Crippen molar-refractivity contribution in [3.05, 3.63) is 35.9 Å². The molecule has 2 heteroatoms. The molecule has 0 spiro atoms.